The van der Waals surface area contributed by atoms with Crippen LogP contribution in [0.25, 0.3) is 10.8 Å². The smallest absolute Gasteiger partial charge is 0.338 e. The number of phenolic OH excluding ortho intramolecular Hbond substituents is 1. The van der Waals surface area contributed by atoms with Gasteiger partial charge in [0.15, 0.2) is 0 Å². The highest BCUT2D eigenvalue weighted by molar-refractivity contribution is 5.95. The van der Waals surface area contributed by atoms with Crippen LogP contribution in [-0.2, 0) is 9.47 Å². The van der Waals surface area contributed by atoms with E-state index in [1.165, 1.54) is 19.3 Å². The Balaban J connectivity index is 1.74. The lowest BCUT2D eigenvalue weighted by molar-refractivity contribution is 0.0312. The van der Waals surface area contributed by atoms with E-state index in [0.717, 1.165) is 23.8 Å². The van der Waals surface area contributed by atoms with E-state index in [2.05, 4.69) is 6.92 Å². The SMILES string of the molecule is CCCCCCOCCOC(=O)c1ccc2cc(O)ccc2c1. The molecule has 0 heterocycles. The molecule has 0 saturated heterocycles. The molecule has 0 radical (unpaired) electrons. The summed E-state index contributed by atoms with van der Waals surface area (Å²) in [4.78, 5) is 12.0. The van der Waals surface area contributed by atoms with Crippen molar-refractivity contribution >= 4 is 16.7 Å². The Morgan fingerprint density at radius 1 is 0.957 bits per heavy atom. The molecular formula is C19H24O4. The largest absolute Gasteiger partial charge is 0.508 e. The molecule has 2 aromatic rings. The fourth-order valence-corrected chi connectivity index (χ4v) is 2.37. The molecule has 2 rings (SSSR count). The van der Waals surface area contributed by atoms with Crippen molar-refractivity contribution in [1.82, 2.24) is 0 Å². The summed E-state index contributed by atoms with van der Waals surface area (Å²) in [5, 5.41) is 11.2. The third-order valence-corrected chi connectivity index (χ3v) is 3.66. The minimum Gasteiger partial charge on any atom is -0.508 e. The van der Waals surface area contributed by atoms with Gasteiger partial charge in [-0.15, -0.1) is 0 Å². The number of aromatic hydroxyl groups is 1. The van der Waals surface area contributed by atoms with Crippen LogP contribution in [0.3, 0.4) is 0 Å². The number of phenols is 1. The van der Waals surface area contributed by atoms with Gasteiger partial charge in [0.2, 0.25) is 0 Å². The van der Waals surface area contributed by atoms with Gasteiger partial charge in [-0.05, 0) is 41.5 Å². The van der Waals surface area contributed by atoms with E-state index in [0.29, 0.717) is 12.2 Å². The minimum atomic E-state index is -0.352. The van der Waals surface area contributed by atoms with Crippen LogP contribution in [0, 0.1) is 0 Å². The topological polar surface area (TPSA) is 55.8 Å². The molecule has 0 saturated carbocycles. The summed E-state index contributed by atoms with van der Waals surface area (Å²) in [6, 6.07) is 10.3. The molecular weight excluding hydrogens is 292 g/mol. The van der Waals surface area contributed by atoms with Crippen LogP contribution in [0.5, 0.6) is 5.75 Å². The van der Waals surface area contributed by atoms with Gasteiger partial charge in [0.25, 0.3) is 0 Å². The second kappa shape index (κ2) is 9.16. The molecule has 0 fully saturated rings. The maximum absolute atomic E-state index is 12.0. The van der Waals surface area contributed by atoms with Crippen molar-refractivity contribution < 1.29 is 19.4 Å². The maximum Gasteiger partial charge on any atom is 0.338 e. The summed E-state index contributed by atoms with van der Waals surface area (Å²) in [5.74, 6) is -0.140. The fraction of sp³-hybridized carbons (Fsp3) is 0.421. The van der Waals surface area contributed by atoms with E-state index < -0.39 is 0 Å². The molecule has 0 aromatic heterocycles. The van der Waals surface area contributed by atoms with E-state index in [-0.39, 0.29) is 18.3 Å². The van der Waals surface area contributed by atoms with Crippen molar-refractivity contribution in [2.75, 3.05) is 19.8 Å². The first-order chi connectivity index (χ1) is 11.2. The Kier molecular flexibility index (Phi) is 6.88. The number of hydrogen-bond acceptors (Lipinski definition) is 4. The lowest BCUT2D eigenvalue weighted by atomic mass is 10.1. The second-order valence-corrected chi connectivity index (χ2v) is 5.56. The minimum absolute atomic E-state index is 0.212. The lowest BCUT2D eigenvalue weighted by Crippen LogP contribution is -2.11. The van der Waals surface area contributed by atoms with Gasteiger partial charge in [-0.1, -0.05) is 38.3 Å². The van der Waals surface area contributed by atoms with Crippen molar-refractivity contribution in [3.63, 3.8) is 0 Å². The Hall–Kier alpha value is -2.07. The number of carbonyl (C=O) groups is 1. The van der Waals surface area contributed by atoms with Crippen LogP contribution in [0.2, 0.25) is 0 Å². The van der Waals surface area contributed by atoms with E-state index in [4.69, 9.17) is 9.47 Å². The van der Waals surface area contributed by atoms with E-state index in [1.807, 2.05) is 0 Å². The Bertz CT molecular complexity index is 636. The van der Waals surface area contributed by atoms with Gasteiger partial charge in [-0.2, -0.15) is 0 Å². The molecule has 2 aromatic carbocycles. The first-order valence-corrected chi connectivity index (χ1v) is 8.18. The zero-order chi connectivity index (χ0) is 16.5. The predicted molar refractivity (Wildman–Crippen MR) is 90.9 cm³/mol. The van der Waals surface area contributed by atoms with Gasteiger partial charge < -0.3 is 14.6 Å². The van der Waals surface area contributed by atoms with Crippen LogP contribution in [0.15, 0.2) is 36.4 Å². The number of rotatable bonds is 9. The quantitative estimate of drug-likeness (QED) is 0.553. The second-order valence-electron chi connectivity index (χ2n) is 5.56. The predicted octanol–water partition coefficient (Wildman–Crippen LogP) is 4.30. The number of esters is 1. The van der Waals surface area contributed by atoms with E-state index in [1.54, 1.807) is 36.4 Å². The standard InChI is InChI=1S/C19H24O4/c1-2-3-4-5-10-22-11-12-23-19(21)17-7-6-16-14-18(20)9-8-15(16)13-17/h6-9,13-14,20H,2-5,10-12H2,1H3. The van der Waals surface area contributed by atoms with Crippen molar-refractivity contribution in [2.24, 2.45) is 0 Å². The van der Waals surface area contributed by atoms with Gasteiger partial charge in [-0.25, -0.2) is 4.79 Å². The highest BCUT2D eigenvalue weighted by Crippen LogP contribution is 2.21. The highest BCUT2D eigenvalue weighted by Gasteiger charge is 2.08. The molecule has 4 nitrogen and oxygen atoms in total. The molecule has 4 heteroatoms. The molecule has 0 spiro atoms. The zero-order valence-electron chi connectivity index (χ0n) is 13.6. The Morgan fingerprint density at radius 2 is 1.74 bits per heavy atom. The number of benzene rings is 2. The molecule has 0 amide bonds. The molecule has 124 valence electrons. The molecule has 0 bridgehead atoms. The number of ether oxygens (including phenoxy) is 2. The highest BCUT2D eigenvalue weighted by atomic mass is 16.6. The molecule has 0 atom stereocenters. The maximum atomic E-state index is 12.0. The third-order valence-electron chi connectivity index (χ3n) is 3.66. The summed E-state index contributed by atoms with van der Waals surface area (Å²) in [7, 11) is 0. The Labute approximate surface area is 137 Å². The number of carbonyl (C=O) groups excluding carboxylic acids is 1. The fourth-order valence-electron chi connectivity index (χ4n) is 2.37. The molecule has 0 aliphatic rings. The first kappa shape index (κ1) is 17.3. The van der Waals surface area contributed by atoms with Crippen molar-refractivity contribution in [1.29, 1.82) is 0 Å². The molecule has 0 unspecified atom stereocenters. The van der Waals surface area contributed by atoms with Gasteiger partial charge in [0, 0.05) is 6.61 Å². The third kappa shape index (κ3) is 5.57. The number of fused-ring (bicyclic) bond motifs is 1. The summed E-state index contributed by atoms with van der Waals surface area (Å²) in [6.45, 7) is 3.59. The van der Waals surface area contributed by atoms with Gasteiger partial charge in [0.05, 0.1) is 12.2 Å². The van der Waals surface area contributed by atoms with Crippen molar-refractivity contribution in [2.45, 2.75) is 32.6 Å². The normalized spacial score (nSPS) is 10.8. The summed E-state index contributed by atoms with van der Waals surface area (Å²) in [5.41, 5.74) is 0.506. The Morgan fingerprint density at radius 3 is 2.57 bits per heavy atom. The first-order valence-electron chi connectivity index (χ1n) is 8.18. The van der Waals surface area contributed by atoms with Crippen molar-refractivity contribution in [3.8, 4) is 5.75 Å². The van der Waals surface area contributed by atoms with E-state index >= 15 is 0 Å². The van der Waals surface area contributed by atoms with Gasteiger partial charge >= 0.3 is 5.97 Å². The number of unbranched alkanes of at least 4 members (excludes halogenated alkanes) is 3. The molecule has 1 N–H and O–H groups in total. The molecule has 0 aliphatic carbocycles. The van der Waals surface area contributed by atoms with Crippen molar-refractivity contribution in [3.05, 3.63) is 42.0 Å². The zero-order valence-corrected chi connectivity index (χ0v) is 13.6. The van der Waals surface area contributed by atoms with Crippen LogP contribution >= 0.6 is 0 Å². The molecule has 23 heavy (non-hydrogen) atoms. The molecule has 0 aliphatic heterocycles. The monoisotopic (exact) mass is 316 g/mol. The number of hydrogen-bond donors (Lipinski definition) is 1. The van der Waals surface area contributed by atoms with Crippen LogP contribution in [0.4, 0.5) is 0 Å². The summed E-state index contributed by atoms with van der Waals surface area (Å²) >= 11 is 0. The average molecular weight is 316 g/mol. The summed E-state index contributed by atoms with van der Waals surface area (Å²) in [6.07, 6.45) is 4.68. The van der Waals surface area contributed by atoms with Gasteiger partial charge in [-0.3, -0.25) is 0 Å². The van der Waals surface area contributed by atoms with Crippen LogP contribution in [0.1, 0.15) is 43.0 Å². The van der Waals surface area contributed by atoms with Crippen LogP contribution < -0.4 is 0 Å². The lowest BCUT2D eigenvalue weighted by Gasteiger charge is -2.07. The average Bonchev–Trinajstić information content (AvgIpc) is 2.56. The van der Waals surface area contributed by atoms with Crippen LogP contribution in [-0.4, -0.2) is 30.9 Å². The summed E-state index contributed by atoms with van der Waals surface area (Å²) < 4.78 is 10.7. The van der Waals surface area contributed by atoms with E-state index in [9.17, 15) is 9.90 Å². The van der Waals surface area contributed by atoms with Gasteiger partial charge in [0.1, 0.15) is 12.4 Å².